The van der Waals surface area contributed by atoms with Gasteiger partial charge in [-0.25, -0.2) is 0 Å². The van der Waals surface area contributed by atoms with Crippen LogP contribution in [0, 0.1) is 5.92 Å². The van der Waals surface area contributed by atoms with Crippen LogP contribution in [0.2, 0.25) is 37.8 Å². The number of esters is 1. The molecule has 0 spiro atoms. The average molecular weight is 453 g/mol. The quantitative estimate of drug-likeness (QED) is 0.376. The highest BCUT2D eigenvalue weighted by Gasteiger charge is 2.52. The molecule has 0 amide bonds. The predicted molar refractivity (Wildman–Crippen MR) is 126 cm³/mol. The zero-order valence-electron chi connectivity index (χ0n) is 20.4. The zero-order chi connectivity index (χ0) is 23.1. The van der Waals surface area contributed by atoms with Crippen molar-refractivity contribution >= 4 is 27.7 Å². The SMILES string of the molecule is CCOC(=O)[C@@H]1C=C(C)[C@@H](O[Si](C)(C)C(C)(C)C)C[C@@]1(O)c1ccoc1[Si](C)(C)C. The Morgan fingerprint density at radius 2 is 1.87 bits per heavy atom. The van der Waals surface area contributed by atoms with Gasteiger partial charge in [-0.05, 0) is 43.6 Å². The number of carbonyl (C=O) groups excluding carboxylic acids is 1. The third-order valence-electron chi connectivity index (χ3n) is 6.54. The Labute approximate surface area is 184 Å². The minimum absolute atomic E-state index is 0.0442. The predicted octanol–water partition coefficient (Wildman–Crippen LogP) is 4.93. The van der Waals surface area contributed by atoms with E-state index in [1.54, 1.807) is 13.2 Å². The van der Waals surface area contributed by atoms with Crippen molar-refractivity contribution in [2.45, 2.75) is 90.5 Å². The van der Waals surface area contributed by atoms with Crippen LogP contribution in [0.1, 0.15) is 46.6 Å². The van der Waals surface area contributed by atoms with E-state index in [0.717, 1.165) is 11.0 Å². The second kappa shape index (κ2) is 8.41. The smallest absolute Gasteiger partial charge is 0.316 e. The fourth-order valence-electron chi connectivity index (χ4n) is 3.75. The standard InChI is InChI=1S/C23H40O5Si2/c1-11-26-20(24)18-14-16(2)19(28-30(9,10)22(3,4)5)15-23(18,25)17-12-13-27-21(17)29(6,7)8/h12-14,18-19,25H,11,15H2,1-10H3/t18-,19-,23+/m0/s1. The maximum absolute atomic E-state index is 12.9. The Morgan fingerprint density at radius 1 is 1.27 bits per heavy atom. The molecule has 0 unspecified atom stereocenters. The minimum atomic E-state index is -2.08. The van der Waals surface area contributed by atoms with Gasteiger partial charge >= 0.3 is 5.97 Å². The van der Waals surface area contributed by atoms with Crippen LogP contribution in [-0.2, 0) is 19.6 Å². The Balaban J connectivity index is 2.58. The number of rotatable bonds is 6. The largest absolute Gasteiger partial charge is 0.474 e. The molecule has 1 aliphatic rings. The van der Waals surface area contributed by atoms with Crippen molar-refractivity contribution in [2.24, 2.45) is 5.92 Å². The first-order valence-corrected chi connectivity index (χ1v) is 17.3. The average Bonchev–Trinajstić information content (AvgIpc) is 3.07. The number of hydrogen-bond acceptors (Lipinski definition) is 5. The van der Waals surface area contributed by atoms with E-state index < -0.39 is 33.9 Å². The number of ether oxygens (including phenoxy) is 1. The van der Waals surface area contributed by atoms with Gasteiger partial charge in [0.05, 0.1) is 24.4 Å². The Kier molecular flexibility index (Phi) is 7.04. The Morgan fingerprint density at radius 3 is 2.37 bits per heavy atom. The zero-order valence-corrected chi connectivity index (χ0v) is 22.4. The van der Waals surface area contributed by atoms with E-state index in [0.29, 0.717) is 12.0 Å². The fraction of sp³-hybridized carbons (Fsp3) is 0.696. The molecule has 0 aliphatic heterocycles. The summed E-state index contributed by atoms with van der Waals surface area (Å²) in [6.07, 6.45) is 3.52. The van der Waals surface area contributed by atoms with E-state index in [4.69, 9.17) is 13.6 Å². The maximum atomic E-state index is 12.9. The van der Waals surface area contributed by atoms with Gasteiger partial charge in [0.2, 0.25) is 0 Å². The summed E-state index contributed by atoms with van der Waals surface area (Å²) in [5.74, 6) is -1.20. The molecule has 0 saturated carbocycles. The third kappa shape index (κ3) is 4.84. The molecule has 7 heteroatoms. The van der Waals surface area contributed by atoms with E-state index in [1.165, 1.54) is 0 Å². The molecule has 1 heterocycles. The summed E-state index contributed by atoms with van der Waals surface area (Å²) in [5.41, 5.74) is 0.245. The highest BCUT2D eigenvalue weighted by Crippen LogP contribution is 2.45. The Bertz CT molecular complexity index is 797. The van der Waals surface area contributed by atoms with Crippen molar-refractivity contribution in [1.82, 2.24) is 0 Å². The summed E-state index contributed by atoms with van der Waals surface area (Å²) >= 11 is 0. The number of carbonyl (C=O) groups is 1. The first kappa shape index (κ1) is 25.1. The lowest BCUT2D eigenvalue weighted by Gasteiger charge is -2.45. The normalized spacial score (nSPS) is 25.8. The molecule has 0 bridgehead atoms. The molecule has 0 aromatic carbocycles. The van der Waals surface area contributed by atoms with Gasteiger partial charge in [-0.3, -0.25) is 4.79 Å². The highest BCUT2D eigenvalue weighted by atomic mass is 28.4. The van der Waals surface area contributed by atoms with Crippen molar-refractivity contribution in [3.63, 3.8) is 0 Å². The first-order chi connectivity index (χ1) is 13.5. The molecule has 2 rings (SSSR count). The molecule has 1 N–H and O–H groups in total. The van der Waals surface area contributed by atoms with Gasteiger partial charge in [0, 0.05) is 12.0 Å². The molecule has 1 aromatic rings. The second-order valence-corrected chi connectivity index (χ2v) is 20.8. The molecule has 0 fully saturated rings. The third-order valence-corrected chi connectivity index (χ3v) is 12.8. The van der Waals surface area contributed by atoms with E-state index in [-0.39, 0.29) is 17.7 Å². The van der Waals surface area contributed by atoms with Crippen LogP contribution < -0.4 is 5.38 Å². The van der Waals surface area contributed by atoms with Crippen molar-refractivity contribution in [1.29, 1.82) is 0 Å². The lowest BCUT2D eigenvalue weighted by molar-refractivity contribution is -0.158. The summed E-state index contributed by atoms with van der Waals surface area (Å²) in [5, 5.41) is 12.9. The number of furan rings is 1. The monoisotopic (exact) mass is 452 g/mol. The van der Waals surface area contributed by atoms with Crippen molar-refractivity contribution in [3.8, 4) is 0 Å². The summed E-state index contributed by atoms with van der Waals surface area (Å²) in [6.45, 7) is 21.6. The van der Waals surface area contributed by atoms with Crippen LogP contribution in [0.3, 0.4) is 0 Å². The van der Waals surface area contributed by atoms with Crippen LogP contribution in [0.4, 0.5) is 0 Å². The molecule has 1 aliphatic carbocycles. The molecule has 0 radical (unpaired) electrons. The van der Waals surface area contributed by atoms with E-state index in [9.17, 15) is 9.90 Å². The van der Waals surface area contributed by atoms with Crippen LogP contribution in [0.25, 0.3) is 0 Å². The van der Waals surface area contributed by atoms with Crippen LogP contribution in [0.5, 0.6) is 0 Å². The number of aliphatic hydroxyl groups is 1. The van der Waals surface area contributed by atoms with Gasteiger partial charge in [-0.15, -0.1) is 0 Å². The van der Waals surface area contributed by atoms with Crippen LogP contribution in [-0.4, -0.2) is 40.2 Å². The van der Waals surface area contributed by atoms with Gasteiger partial charge < -0.3 is 18.7 Å². The summed E-state index contributed by atoms with van der Waals surface area (Å²) < 4.78 is 17.9. The van der Waals surface area contributed by atoms with E-state index >= 15 is 0 Å². The molecule has 170 valence electrons. The Hall–Kier alpha value is -1.16. The van der Waals surface area contributed by atoms with Gasteiger partial charge in [-0.2, -0.15) is 0 Å². The van der Waals surface area contributed by atoms with Crippen LogP contribution >= 0.6 is 0 Å². The van der Waals surface area contributed by atoms with Gasteiger partial charge in [0.1, 0.15) is 19.6 Å². The van der Waals surface area contributed by atoms with Crippen molar-refractivity contribution in [2.75, 3.05) is 6.61 Å². The lowest BCUT2D eigenvalue weighted by Crippen LogP contribution is -2.53. The number of hydrogen-bond donors (Lipinski definition) is 1. The maximum Gasteiger partial charge on any atom is 0.316 e. The van der Waals surface area contributed by atoms with E-state index in [2.05, 4.69) is 53.5 Å². The lowest BCUT2D eigenvalue weighted by atomic mass is 9.72. The fourth-order valence-corrected chi connectivity index (χ4v) is 6.61. The highest BCUT2D eigenvalue weighted by molar-refractivity contribution is 6.88. The van der Waals surface area contributed by atoms with E-state index in [1.807, 2.05) is 19.1 Å². The topological polar surface area (TPSA) is 68.9 Å². The van der Waals surface area contributed by atoms with Gasteiger partial charge in [0.15, 0.2) is 8.32 Å². The molecule has 5 nitrogen and oxygen atoms in total. The molecule has 30 heavy (non-hydrogen) atoms. The van der Waals surface area contributed by atoms with Crippen LogP contribution in [0.15, 0.2) is 28.4 Å². The minimum Gasteiger partial charge on any atom is -0.474 e. The molecular weight excluding hydrogens is 412 g/mol. The molecule has 1 aromatic heterocycles. The molecular formula is C23H40O5Si2. The summed E-state index contributed by atoms with van der Waals surface area (Å²) in [6, 6.07) is 1.82. The van der Waals surface area contributed by atoms with Gasteiger partial charge in [-0.1, -0.05) is 46.5 Å². The summed E-state index contributed by atoms with van der Waals surface area (Å²) in [4.78, 5) is 12.9. The second-order valence-electron chi connectivity index (χ2n) is 11.0. The first-order valence-electron chi connectivity index (χ1n) is 10.9. The molecule has 3 atom stereocenters. The summed E-state index contributed by atoms with van der Waals surface area (Å²) in [7, 11) is -3.97. The van der Waals surface area contributed by atoms with Gasteiger partial charge in [0.25, 0.3) is 0 Å². The van der Waals surface area contributed by atoms with Crippen molar-refractivity contribution < 1.29 is 23.5 Å². The molecule has 0 saturated heterocycles. The van der Waals surface area contributed by atoms with Crippen molar-refractivity contribution in [3.05, 3.63) is 29.5 Å².